The monoisotopic (exact) mass is 676 g/mol. The highest BCUT2D eigenvalue weighted by Crippen LogP contribution is 2.38. The molecule has 2 aliphatic rings. The van der Waals surface area contributed by atoms with Crippen LogP contribution in [0.15, 0.2) is 53.4 Å². The number of hydrazine groups is 1. The van der Waals surface area contributed by atoms with Crippen molar-refractivity contribution in [2.75, 3.05) is 17.2 Å². The minimum Gasteiger partial charge on any atom is -0.443 e. The number of fused-ring (bicyclic) bond motifs is 1. The van der Waals surface area contributed by atoms with Crippen molar-refractivity contribution in [3.8, 4) is 5.75 Å². The summed E-state index contributed by atoms with van der Waals surface area (Å²) in [4.78, 5) is 61.1. The Bertz CT molecular complexity index is 1390. The van der Waals surface area contributed by atoms with Crippen molar-refractivity contribution in [2.24, 2.45) is 5.92 Å². The summed E-state index contributed by atoms with van der Waals surface area (Å²) in [5, 5.41) is 2.91. The second kappa shape index (κ2) is 16.1. The quantitative estimate of drug-likeness (QED) is 0.151. The van der Waals surface area contributed by atoms with Crippen molar-refractivity contribution < 1.29 is 38.0 Å². The third-order valence-electron chi connectivity index (χ3n) is 7.81. The largest absolute Gasteiger partial charge is 0.524 e. The van der Waals surface area contributed by atoms with E-state index < -0.39 is 37.5 Å². The Morgan fingerprint density at radius 3 is 2.43 bits per heavy atom. The van der Waals surface area contributed by atoms with Gasteiger partial charge in [0.1, 0.15) is 23.4 Å². The Kier molecular flexibility index (Phi) is 12.6. The number of benzene rings is 2. The van der Waals surface area contributed by atoms with Gasteiger partial charge in [0.25, 0.3) is 0 Å². The Morgan fingerprint density at radius 2 is 1.76 bits per heavy atom. The molecule has 2 atom stereocenters. The number of phosphoric acid groups is 1. The van der Waals surface area contributed by atoms with Crippen LogP contribution in [-0.2, 0) is 25.3 Å². The van der Waals surface area contributed by atoms with Crippen LogP contribution >= 0.6 is 19.6 Å². The number of hydrogen-bond acceptors (Lipinski definition) is 8. The second-order valence-electron chi connectivity index (χ2n) is 12.7. The fourth-order valence-corrected chi connectivity index (χ4v) is 7.16. The number of carbonyl (C=O) groups is 3. The van der Waals surface area contributed by atoms with Gasteiger partial charge < -0.3 is 19.5 Å². The molecule has 0 bridgehead atoms. The van der Waals surface area contributed by atoms with Crippen LogP contribution in [-0.4, -0.2) is 57.7 Å². The number of anilines is 1. The first-order valence-electron chi connectivity index (χ1n) is 15.7. The van der Waals surface area contributed by atoms with Crippen LogP contribution < -0.4 is 25.6 Å². The van der Waals surface area contributed by atoms with E-state index in [1.54, 1.807) is 37.8 Å². The van der Waals surface area contributed by atoms with Gasteiger partial charge in [0.15, 0.2) is 0 Å². The molecular formula is C32H45N4O8PS. The molecule has 1 aliphatic carbocycles. The molecular weight excluding hydrogens is 631 g/mol. The molecule has 5 N–H and O–H groups in total. The van der Waals surface area contributed by atoms with Gasteiger partial charge in [-0.3, -0.25) is 24.8 Å². The molecule has 252 valence electrons. The lowest BCUT2D eigenvalue weighted by Crippen LogP contribution is -2.58. The van der Waals surface area contributed by atoms with E-state index in [9.17, 15) is 18.9 Å². The lowest BCUT2D eigenvalue weighted by molar-refractivity contribution is -0.128. The van der Waals surface area contributed by atoms with E-state index in [1.807, 2.05) is 24.3 Å². The molecule has 0 unspecified atom stereocenters. The molecule has 1 fully saturated rings. The number of nitrogens with zero attached hydrogens (tertiary/aromatic N) is 1. The number of thioether (sulfide) groups is 1. The lowest BCUT2D eigenvalue weighted by atomic mass is 9.86. The molecule has 0 saturated heterocycles. The molecule has 12 nitrogen and oxygen atoms in total. The van der Waals surface area contributed by atoms with E-state index in [-0.39, 0.29) is 18.1 Å². The number of nitrogens with one attached hydrogen (secondary N) is 3. The number of hydrogen-bond donors (Lipinski definition) is 5. The topological polar surface area (TPSA) is 167 Å². The summed E-state index contributed by atoms with van der Waals surface area (Å²) < 4.78 is 21.1. The van der Waals surface area contributed by atoms with E-state index in [1.165, 1.54) is 56.0 Å². The zero-order valence-electron chi connectivity index (χ0n) is 26.6. The van der Waals surface area contributed by atoms with Crippen LogP contribution in [0.5, 0.6) is 5.75 Å². The smallest absolute Gasteiger partial charge is 0.443 e. The molecule has 1 aliphatic heterocycles. The predicted molar refractivity (Wildman–Crippen MR) is 176 cm³/mol. The molecule has 0 aromatic heterocycles. The first-order valence-corrected chi connectivity index (χ1v) is 18.2. The first kappa shape index (κ1) is 35.8. The van der Waals surface area contributed by atoms with Gasteiger partial charge in [0.2, 0.25) is 11.8 Å². The normalized spacial score (nSPS) is 18.2. The van der Waals surface area contributed by atoms with Gasteiger partial charge in [-0.2, -0.15) is 0 Å². The molecule has 46 heavy (non-hydrogen) atoms. The maximum absolute atomic E-state index is 14.0. The van der Waals surface area contributed by atoms with Crippen molar-refractivity contribution in [1.82, 2.24) is 16.2 Å². The predicted octanol–water partition coefficient (Wildman–Crippen LogP) is 5.08. The van der Waals surface area contributed by atoms with Gasteiger partial charge in [-0.05, 0) is 75.8 Å². The van der Waals surface area contributed by atoms with Crippen LogP contribution in [0.4, 0.5) is 10.5 Å². The number of rotatable bonds is 12. The fourth-order valence-electron chi connectivity index (χ4n) is 5.69. The molecule has 1 saturated carbocycles. The van der Waals surface area contributed by atoms with Gasteiger partial charge in [0, 0.05) is 17.2 Å². The van der Waals surface area contributed by atoms with Crippen molar-refractivity contribution in [3.63, 3.8) is 0 Å². The standard InChI is InChI=1S/C32H45N4O8PS/c1-32(2,3)43-31(39)35-34-25(20-23-15-17-24(18-16-23)44-45(40,41)42)29(37)33-26-21-46-28-14-8-7-13-27(28)36(30(26)38)19-9-12-22-10-5-4-6-11-22/h7-8,13-18,22,25-26,34H,4-6,9-12,19-21H2,1-3H3,(H,33,37)(H,35,39)(H2,40,41,42)/t25-,26+/m0/s1. The van der Waals surface area contributed by atoms with Crippen molar-refractivity contribution in [2.45, 2.75) is 94.7 Å². The van der Waals surface area contributed by atoms with Gasteiger partial charge in [-0.25, -0.2) is 14.8 Å². The molecule has 3 amide bonds. The third-order valence-corrected chi connectivity index (χ3v) is 9.42. The number of carbonyl (C=O) groups excluding carboxylic acids is 3. The number of phosphoric ester groups is 1. The zero-order valence-corrected chi connectivity index (χ0v) is 28.3. The SMILES string of the molecule is CC(C)(C)OC(=O)NN[C@@H](Cc1ccc(OP(=O)(O)O)cc1)C(=O)N[C@@H]1CSc2ccccc2N(CCCC2CCCCC2)C1=O. The summed E-state index contributed by atoms with van der Waals surface area (Å²) in [5.41, 5.74) is 5.85. The third kappa shape index (κ3) is 11.3. The Balaban J connectivity index is 1.48. The van der Waals surface area contributed by atoms with E-state index in [0.29, 0.717) is 23.8 Å². The van der Waals surface area contributed by atoms with Gasteiger partial charge in [0.05, 0.1) is 5.69 Å². The van der Waals surface area contributed by atoms with Gasteiger partial charge in [-0.15, -0.1) is 11.8 Å². The molecule has 1 heterocycles. The molecule has 4 rings (SSSR count). The van der Waals surface area contributed by atoms with Crippen LogP contribution in [0, 0.1) is 5.92 Å². The first-order chi connectivity index (χ1) is 21.8. The Labute approximate surface area is 274 Å². The average molecular weight is 677 g/mol. The summed E-state index contributed by atoms with van der Waals surface area (Å²) in [7, 11) is -4.73. The highest BCUT2D eigenvalue weighted by Gasteiger charge is 2.34. The zero-order chi connectivity index (χ0) is 33.3. The van der Waals surface area contributed by atoms with Gasteiger partial charge >= 0.3 is 13.9 Å². The molecule has 14 heteroatoms. The summed E-state index contributed by atoms with van der Waals surface area (Å²) in [6, 6.07) is 11.8. The summed E-state index contributed by atoms with van der Waals surface area (Å²) >= 11 is 1.51. The fraction of sp³-hybridized carbons (Fsp3) is 0.531. The maximum atomic E-state index is 14.0. The van der Waals surface area contributed by atoms with E-state index in [0.717, 1.165) is 23.4 Å². The van der Waals surface area contributed by atoms with Crippen molar-refractivity contribution in [1.29, 1.82) is 0 Å². The minimum atomic E-state index is -4.73. The van der Waals surface area contributed by atoms with E-state index in [2.05, 4.69) is 20.7 Å². The average Bonchev–Trinajstić information content (AvgIpc) is 3.11. The van der Waals surface area contributed by atoms with Crippen molar-refractivity contribution in [3.05, 3.63) is 54.1 Å². The number of para-hydroxylation sites is 1. The van der Waals surface area contributed by atoms with Crippen LogP contribution in [0.3, 0.4) is 0 Å². The van der Waals surface area contributed by atoms with Gasteiger partial charge in [-0.1, -0.05) is 56.4 Å². The number of ether oxygens (including phenoxy) is 1. The van der Waals surface area contributed by atoms with Crippen LogP contribution in [0.25, 0.3) is 0 Å². The van der Waals surface area contributed by atoms with E-state index in [4.69, 9.17) is 14.5 Å². The molecule has 2 aromatic carbocycles. The summed E-state index contributed by atoms with van der Waals surface area (Å²) in [6.07, 6.45) is 7.54. The summed E-state index contributed by atoms with van der Waals surface area (Å²) in [5.74, 6) is 0.284. The Hall–Kier alpha value is -3.09. The summed E-state index contributed by atoms with van der Waals surface area (Å²) in [6.45, 7) is 5.70. The molecule has 2 aromatic rings. The van der Waals surface area contributed by atoms with Crippen molar-refractivity contribution >= 4 is 43.2 Å². The second-order valence-corrected chi connectivity index (χ2v) is 15.0. The molecule has 0 spiro atoms. The van der Waals surface area contributed by atoms with Crippen LogP contribution in [0.2, 0.25) is 0 Å². The minimum absolute atomic E-state index is 0.0397. The Morgan fingerprint density at radius 1 is 1.07 bits per heavy atom. The highest BCUT2D eigenvalue weighted by molar-refractivity contribution is 7.99. The lowest BCUT2D eigenvalue weighted by Gasteiger charge is -2.28. The number of amides is 3. The van der Waals surface area contributed by atoms with E-state index >= 15 is 0 Å². The van der Waals surface area contributed by atoms with Crippen LogP contribution in [0.1, 0.15) is 71.3 Å². The maximum Gasteiger partial charge on any atom is 0.524 e. The molecule has 0 radical (unpaired) electrons. The highest BCUT2D eigenvalue weighted by atomic mass is 32.2.